The molecule has 0 aromatic heterocycles. The minimum Gasteiger partial charge on any atom is -0.480 e. The van der Waals surface area contributed by atoms with Crippen LogP contribution in [-0.2, 0) is 14.4 Å². The fourth-order valence-electron chi connectivity index (χ4n) is 3.12. The minimum atomic E-state index is -1.03. The van der Waals surface area contributed by atoms with Crippen molar-refractivity contribution >= 4 is 34.8 Å². The van der Waals surface area contributed by atoms with Gasteiger partial charge in [0.2, 0.25) is 11.8 Å². The van der Waals surface area contributed by atoms with Crippen LogP contribution in [0.25, 0.3) is 0 Å². The highest BCUT2D eigenvalue weighted by molar-refractivity contribution is 8.13. The number of aliphatic carboxylic acids is 1. The molecule has 134 valence electrons. The van der Waals surface area contributed by atoms with Gasteiger partial charge in [0, 0.05) is 38.4 Å². The van der Waals surface area contributed by atoms with Crippen molar-refractivity contribution in [2.24, 2.45) is 0 Å². The van der Waals surface area contributed by atoms with E-state index in [1.54, 1.807) is 9.80 Å². The molecule has 2 aliphatic rings. The van der Waals surface area contributed by atoms with E-state index >= 15 is 0 Å². The maximum atomic E-state index is 12.4. The number of carbonyl (C=O) groups is 4. The van der Waals surface area contributed by atoms with Gasteiger partial charge in [0.15, 0.2) is 0 Å². The van der Waals surface area contributed by atoms with Gasteiger partial charge >= 0.3 is 5.97 Å². The summed E-state index contributed by atoms with van der Waals surface area (Å²) in [4.78, 5) is 51.3. The molecule has 2 rings (SSSR count). The van der Waals surface area contributed by atoms with Crippen LogP contribution in [0.2, 0.25) is 0 Å². The number of carboxylic acid groups (broad SMARTS) is 1. The first kappa shape index (κ1) is 18.6. The van der Waals surface area contributed by atoms with Gasteiger partial charge in [-0.3, -0.25) is 19.2 Å². The zero-order valence-electron chi connectivity index (χ0n) is 13.8. The maximum Gasteiger partial charge on any atom is 0.323 e. The average molecular weight is 357 g/mol. The third-order valence-electron chi connectivity index (χ3n) is 4.37. The quantitative estimate of drug-likeness (QED) is 0.768. The second-order valence-electron chi connectivity index (χ2n) is 6.04. The zero-order valence-corrected chi connectivity index (χ0v) is 14.6. The summed E-state index contributed by atoms with van der Waals surface area (Å²) in [7, 11) is 0. The van der Waals surface area contributed by atoms with E-state index in [4.69, 9.17) is 5.11 Å². The molecule has 8 nitrogen and oxygen atoms in total. The van der Waals surface area contributed by atoms with Gasteiger partial charge < -0.3 is 19.8 Å². The molecule has 1 atom stereocenters. The van der Waals surface area contributed by atoms with Crippen molar-refractivity contribution in [1.82, 2.24) is 14.7 Å². The highest BCUT2D eigenvalue weighted by Gasteiger charge is 2.29. The average Bonchev–Trinajstić information content (AvgIpc) is 2.77. The van der Waals surface area contributed by atoms with Crippen LogP contribution in [0.3, 0.4) is 0 Å². The number of amides is 3. The van der Waals surface area contributed by atoms with Crippen molar-refractivity contribution in [3.63, 3.8) is 0 Å². The Kier molecular flexibility index (Phi) is 6.47. The topological polar surface area (TPSA) is 98.2 Å². The van der Waals surface area contributed by atoms with E-state index in [1.807, 2.05) is 0 Å². The summed E-state index contributed by atoms with van der Waals surface area (Å²) >= 11 is 1.23. The van der Waals surface area contributed by atoms with Gasteiger partial charge in [-0.25, -0.2) is 0 Å². The fraction of sp³-hybridized carbons (Fsp3) is 0.733. The molecule has 2 heterocycles. The fourth-order valence-corrected chi connectivity index (χ4v) is 3.94. The Bertz CT molecular complexity index is 527. The molecule has 2 saturated heterocycles. The number of rotatable bonds is 5. The molecular weight excluding hydrogens is 334 g/mol. The van der Waals surface area contributed by atoms with Crippen LogP contribution < -0.4 is 0 Å². The number of hydrogen-bond donors (Lipinski definition) is 1. The van der Waals surface area contributed by atoms with E-state index in [2.05, 4.69) is 0 Å². The molecule has 0 radical (unpaired) electrons. The van der Waals surface area contributed by atoms with Crippen LogP contribution in [-0.4, -0.2) is 87.3 Å². The van der Waals surface area contributed by atoms with E-state index in [-0.39, 0.29) is 36.2 Å². The van der Waals surface area contributed by atoms with Crippen molar-refractivity contribution in [2.45, 2.75) is 32.2 Å². The molecule has 24 heavy (non-hydrogen) atoms. The molecule has 0 aliphatic carbocycles. The first-order valence-electron chi connectivity index (χ1n) is 8.07. The smallest absolute Gasteiger partial charge is 0.323 e. The number of likely N-dealkylation sites (tertiary alicyclic amines) is 1. The summed E-state index contributed by atoms with van der Waals surface area (Å²) in [5.74, 6) is -0.662. The van der Waals surface area contributed by atoms with E-state index in [1.165, 1.54) is 23.6 Å². The number of hydrogen-bond acceptors (Lipinski definition) is 5. The second kappa shape index (κ2) is 8.36. The van der Waals surface area contributed by atoms with Gasteiger partial charge in [0.1, 0.15) is 13.1 Å². The van der Waals surface area contributed by atoms with E-state index in [0.29, 0.717) is 38.9 Å². The van der Waals surface area contributed by atoms with E-state index in [0.717, 1.165) is 5.75 Å². The molecule has 3 amide bonds. The van der Waals surface area contributed by atoms with Crippen LogP contribution in [0.4, 0.5) is 4.79 Å². The monoisotopic (exact) mass is 357 g/mol. The Morgan fingerprint density at radius 2 is 2.00 bits per heavy atom. The third kappa shape index (κ3) is 4.86. The molecule has 0 aromatic rings. The summed E-state index contributed by atoms with van der Waals surface area (Å²) in [5, 5.41) is 8.90. The molecule has 0 saturated carbocycles. The van der Waals surface area contributed by atoms with Crippen LogP contribution in [0, 0.1) is 0 Å². The van der Waals surface area contributed by atoms with Crippen molar-refractivity contribution in [3.05, 3.63) is 0 Å². The number of thioether (sulfide) groups is 1. The summed E-state index contributed by atoms with van der Waals surface area (Å²) in [5.41, 5.74) is 0. The van der Waals surface area contributed by atoms with E-state index in [9.17, 15) is 19.2 Å². The Hall–Kier alpha value is -1.77. The zero-order chi connectivity index (χ0) is 17.7. The molecular formula is C15H23N3O5S. The van der Waals surface area contributed by atoms with Crippen molar-refractivity contribution in [2.75, 3.05) is 38.5 Å². The third-order valence-corrected chi connectivity index (χ3v) is 5.26. The van der Waals surface area contributed by atoms with Crippen molar-refractivity contribution in [1.29, 1.82) is 0 Å². The summed E-state index contributed by atoms with van der Waals surface area (Å²) in [6, 6.07) is -0.166. The Morgan fingerprint density at radius 3 is 2.58 bits per heavy atom. The first-order chi connectivity index (χ1) is 11.4. The van der Waals surface area contributed by atoms with Gasteiger partial charge in [-0.05, 0) is 19.3 Å². The molecule has 1 unspecified atom stereocenters. The molecule has 0 aromatic carbocycles. The lowest BCUT2D eigenvalue weighted by atomic mass is 10.1. The van der Waals surface area contributed by atoms with Gasteiger partial charge in [-0.15, -0.1) is 0 Å². The second-order valence-corrected chi connectivity index (χ2v) is 7.09. The SMILES string of the molecule is CC(=O)N(CC(=O)O)C1CCCN(C(=O)CN2CCSC2=O)CC1. The summed E-state index contributed by atoms with van der Waals surface area (Å²) in [6.45, 7) is 2.80. The van der Waals surface area contributed by atoms with Crippen molar-refractivity contribution < 1.29 is 24.3 Å². The van der Waals surface area contributed by atoms with Gasteiger partial charge in [0.05, 0.1) is 0 Å². The van der Waals surface area contributed by atoms with Crippen LogP contribution in [0.15, 0.2) is 0 Å². The lowest BCUT2D eigenvalue weighted by molar-refractivity contribution is -0.145. The van der Waals surface area contributed by atoms with Crippen LogP contribution in [0.1, 0.15) is 26.2 Å². The highest BCUT2D eigenvalue weighted by Crippen LogP contribution is 2.20. The number of nitrogens with zero attached hydrogens (tertiary/aromatic N) is 3. The largest absolute Gasteiger partial charge is 0.480 e. The number of carbonyl (C=O) groups excluding carboxylic acids is 3. The molecule has 2 aliphatic heterocycles. The molecule has 1 N–H and O–H groups in total. The Morgan fingerprint density at radius 1 is 1.25 bits per heavy atom. The molecule has 0 bridgehead atoms. The normalized spacial score (nSPS) is 21.5. The lowest BCUT2D eigenvalue weighted by Gasteiger charge is -2.29. The van der Waals surface area contributed by atoms with Crippen molar-refractivity contribution in [3.8, 4) is 0 Å². The predicted octanol–water partition coefficient (Wildman–Crippen LogP) is 0.469. The summed E-state index contributed by atoms with van der Waals surface area (Å²) < 4.78 is 0. The molecule has 2 fully saturated rings. The van der Waals surface area contributed by atoms with Crippen LogP contribution >= 0.6 is 11.8 Å². The van der Waals surface area contributed by atoms with E-state index < -0.39 is 5.97 Å². The summed E-state index contributed by atoms with van der Waals surface area (Å²) in [6.07, 6.45) is 1.94. The maximum absolute atomic E-state index is 12.4. The lowest BCUT2D eigenvalue weighted by Crippen LogP contribution is -2.44. The Labute approximate surface area is 145 Å². The van der Waals surface area contributed by atoms with Gasteiger partial charge in [-0.1, -0.05) is 11.8 Å². The highest BCUT2D eigenvalue weighted by atomic mass is 32.2. The minimum absolute atomic E-state index is 0.0553. The first-order valence-corrected chi connectivity index (χ1v) is 9.05. The van der Waals surface area contributed by atoms with Gasteiger partial charge in [0.25, 0.3) is 5.24 Å². The molecule has 9 heteroatoms. The molecule has 0 spiro atoms. The number of carboxylic acids is 1. The Balaban J connectivity index is 1.91. The van der Waals surface area contributed by atoms with Gasteiger partial charge in [-0.2, -0.15) is 0 Å². The standard InChI is InChI=1S/C15H23N3O5S/c1-11(19)18(10-14(21)22)12-3-2-5-16(6-4-12)13(20)9-17-7-8-24-15(17)23/h12H,2-10H2,1H3,(H,21,22). The predicted molar refractivity (Wildman–Crippen MR) is 88.7 cm³/mol. The van der Waals surface area contributed by atoms with Crippen LogP contribution in [0.5, 0.6) is 0 Å².